The number of hydrogen-bond acceptors (Lipinski definition) is 5. The number of piperazine rings is 1. The van der Waals surface area contributed by atoms with Crippen LogP contribution in [0.15, 0.2) is 18.3 Å². The van der Waals surface area contributed by atoms with E-state index in [1.165, 1.54) is 0 Å². The average Bonchev–Trinajstić information content (AvgIpc) is 3.13. The van der Waals surface area contributed by atoms with Crippen LogP contribution < -0.4 is 4.90 Å². The molecule has 0 radical (unpaired) electrons. The van der Waals surface area contributed by atoms with Gasteiger partial charge in [-0.15, -0.1) is 10.2 Å². The van der Waals surface area contributed by atoms with E-state index in [0.29, 0.717) is 23.3 Å². The lowest BCUT2D eigenvalue weighted by molar-refractivity contribution is -0.137. The summed E-state index contributed by atoms with van der Waals surface area (Å²) in [7, 11) is 0. The first-order valence-electron chi connectivity index (χ1n) is 9.81. The zero-order valence-corrected chi connectivity index (χ0v) is 16.8. The van der Waals surface area contributed by atoms with Gasteiger partial charge >= 0.3 is 0 Å². The fourth-order valence-corrected chi connectivity index (χ4v) is 4.37. The van der Waals surface area contributed by atoms with E-state index in [-0.39, 0.29) is 11.8 Å². The monoisotopic (exact) mass is 390 g/mol. The summed E-state index contributed by atoms with van der Waals surface area (Å²) in [5, 5.41) is 9.14. The Morgan fingerprint density at radius 3 is 2.70 bits per heavy atom. The molecule has 0 N–H and O–H groups in total. The summed E-state index contributed by atoms with van der Waals surface area (Å²) in [4.78, 5) is 19.7. The molecule has 4 heterocycles. The highest BCUT2D eigenvalue weighted by atomic mass is 35.5. The number of fused-ring (bicyclic) bond motifs is 1. The molecular formula is C19H27ClN6O. The molecule has 0 saturated carbocycles. The van der Waals surface area contributed by atoms with Gasteiger partial charge in [0, 0.05) is 51.5 Å². The first-order valence-corrected chi connectivity index (χ1v) is 10.2. The van der Waals surface area contributed by atoms with Crippen LogP contribution in [0.2, 0.25) is 5.02 Å². The third-order valence-electron chi connectivity index (χ3n) is 5.78. The molecule has 0 bridgehead atoms. The maximum absolute atomic E-state index is 13.1. The van der Waals surface area contributed by atoms with E-state index < -0.39 is 0 Å². The fourth-order valence-electron chi connectivity index (χ4n) is 4.16. The van der Waals surface area contributed by atoms with Gasteiger partial charge in [-0.05, 0) is 38.8 Å². The summed E-state index contributed by atoms with van der Waals surface area (Å²) < 4.78 is 1.91. The van der Waals surface area contributed by atoms with Crippen LogP contribution in [0.4, 0.5) is 5.95 Å². The van der Waals surface area contributed by atoms with Gasteiger partial charge in [-0.1, -0.05) is 11.6 Å². The normalized spacial score (nSPS) is 22.0. The third kappa shape index (κ3) is 3.62. The van der Waals surface area contributed by atoms with Crippen molar-refractivity contribution < 1.29 is 4.79 Å². The van der Waals surface area contributed by atoms with Crippen molar-refractivity contribution in [2.75, 3.05) is 44.2 Å². The Kier molecular flexibility index (Phi) is 5.23. The molecule has 2 aliphatic heterocycles. The van der Waals surface area contributed by atoms with Crippen LogP contribution >= 0.6 is 11.6 Å². The Hall–Kier alpha value is -1.86. The standard InChI is InChI=1S/C19H27ClN6O/c1-14(2)23-9-11-24(12-10-23)18(27)15-5-3-7-25(13-15)19-22-21-17-16(20)6-4-8-26(17)19/h4,6,8,14-15H,3,5,7,9-13H2,1-2H3/t15-/m0/s1. The topological polar surface area (TPSA) is 57.0 Å². The lowest BCUT2D eigenvalue weighted by atomic mass is 9.96. The minimum absolute atomic E-state index is 0.0240. The van der Waals surface area contributed by atoms with Crippen molar-refractivity contribution in [2.45, 2.75) is 32.7 Å². The van der Waals surface area contributed by atoms with Crippen molar-refractivity contribution >= 4 is 29.1 Å². The minimum atomic E-state index is 0.0240. The molecule has 0 spiro atoms. The van der Waals surface area contributed by atoms with Crippen LogP contribution in [0.3, 0.4) is 0 Å². The molecular weight excluding hydrogens is 364 g/mol. The number of anilines is 1. The summed E-state index contributed by atoms with van der Waals surface area (Å²) in [6, 6.07) is 4.25. The van der Waals surface area contributed by atoms with Gasteiger partial charge in [0.2, 0.25) is 11.9 Å². The highest BCUT2D eigenvalue weighted by molar-refractivity contribution is 6.33. The summed E-state index contributed by atoms with van der Waals surface area (Å²) >= 11 is 6.22. The van der Waals surface area contributed by atoms with Gasteiger partial charge in [-0.2, -0.15) is 0 Å². The molecule has 7 nitrogen and oxygen atoms in total. The number of piperidine rings is 1. The Bertz CT molecular complexity index is 814. The molecule has 2 fully saturated rings. The Labute approximate surface area is 164 Å². The van der Waals surface area contributed by atoms with Crippen LogP contribution in [0.1, 0.15) is 26.7 Å². The van der Waals surface area contributed by atoms with Crippen molar-refractivity contribution in [3.05, 3.63) is 23.4 Å². The van der Waals surface area contributed by atoms with Crippen LogP contribution in [0, 0.1) is 5.92 Å². The van der Waals surface area contributed by atoms with Gasteiger partial charge < -0.3 is 9.80 Å². The highest BCUT2D eigenvalue weighted by Gasteiger charge is 2.32. The molecule has 8 heteroatoms. The number of pyridine rings is 1. The summed E-state index contributed by atoms with van der Waals surface area (Å²) in [5.41, 5.74) is 0.660. The number of carbonyl (C=O) groups is 1. The molecule has 146 valence electrons. The predicted molar refractivity (Wildman–Crippen MR) is 106 cm³/mol. The third-order valence-corrected chi connectivity index (χ3v) is 6.07. The van der Waals surface area contributed by atoms with Crippen molar-refractivity contribution in [3.63, 3.8) is 0 Å². The SMILES string of the molecule is CC(C)N1CCN(C(=O)[C@H]2CCCN(c3nnc4c(Cl)cccn34)C2)CC1. The molecule has 1 amide bonds. The lowest BCUT2D eigenvalue weighted by Crippen LogP contribution is -2.53. The van der Waals surface area contributed by atoms with Crippen molar-refractivity contribution in [3.8, 4) is 0 Å². The lowest BCUT2D eigenvalue weighted by Gasteiger charge is -2.40. The Morgan fingerprint density at radius 1 is 1.19 bits per heavy atom. The number of halogens is 1. The summed E-state index contributed by atoms with van der Waals surface area (Å²) in [5.74, 6) is 1.08. The van der Waals surface area contributed by atoms with Gasteiger partial charge in [0.05, 0.1) is 10.9 Å². The van der Waals surface area contributed by atoms with Gasteiger partial charge in [0.1, 0.15) is 0 Å². The summed E-state index contributed by atoms with van der Waals surface area (Å²) in [6.45, 7) is 9.60. The van der Waals surface area contributed by atoms with E-state index in [4.69, 9.17) is 11.6 Å². The first-order chi connectivity index (χ1) is 13.0. The molecule has 2 aromatic rings. The van der Waals surface area contributed by atoms with E-state index >= 15 is 0 Å². The van der Waals surface area contributed by atoms with Crippen molar-refractivity contribution in [1.29, 1.82) is 0 Å². The number of nitrogens with zero attached hydrogens (tertiary/aromatic N) is 6. The van der Waals surface area contributed by atoms with E-state index in [1.54, 1.807) is 0 Å². The Balaban J connectivity index is 1.45. The van der Waals surface area contributed by atoms with Crippen LogP contribution in [0.25, 0.3) is 5.65 Å². The fraction of sp³-hybridized carbons (Fsp3) is 0.632. The quantitative estimate of drug-likeness (QED) is 0.803. The number of aromatic nitrogens is 3. The maximum Gasteiger partial charge on any atom is 0.231 e. The molecule has 27 heavy (non-hydrogen) atoms. The molecule has 4 rings (SSSR count). The number of amides is 1. The first kappa shape index (κ1) is 18.5. The molecule has 2 saturated heterocycles. The largest absolute Gasteiger partial charge is 0.340 e. The van der Waals surface area contributed by atoms with Crippen molar-refractivity contribution in [2.24, 2.45) is 5.92 Å². The maximum atomic E-state index is 13.1. The smallest absolute Gasteiger partial charge is 0.231 e. The van der Waals surface area contributed by atoms with Crippen LogP contribution in [-0.2, 0) is 4.79 Å². The zero-order valence-electron chi connectivity index (χ0n) is 16.0. The van der Waals surface area contributed by atoms with E-state index in [1.807, 2.05) is 27.6 Å². The second-order valence-electron chi connectivity index (χ2n) is 7.79. The van der Waals surface area contributed by atoms with E-state index in [0.717, 1.165) is 51.5 Å². The van der Waals surface area contributed by atoms with Gasteiger partial charge in [-0.25, -0.2) is 0 Å². The number of hydrogen-bond donors (Lipinski definition) is 0. The summed E-state index contributed by atoms with van der Waals surface area (Å²) in [6.07, 6.45) is 3.85. The van der Waals surface area contributed by atoms with Crippen molar-refractivity contribution in [1.82, 2.24) is 24.4 Å². The van der Waals surface area contributed by atoms with Crippen LogP contribution in [0.5, 0.6) is 0 Å². The number of carbonyl (C=O) groups excluding carboxylic acids is 1. The molecule has 2 aromatic heterocycles. The van der Waals surface area contributed by atoms with Crippen LogP contribution in [-0.4, -0.2) is 75.6 Å². The predicted octanol–water partition coefficient (Wildman–Crippen LogP) is 2.15. The minimum Gasteiger partial charge on any atom is -0.340 e. The second kappa shape index (κ2) is 7.64. The van der Waals surface area contributed by atoms with E-state index in [2.05, 4.69) is 33.8 Å². The average molecular weight is 391 g/mol. The second-order valence-corrected chi connectivity index (χ2v) is 8.20. The molecule has 0 aromatic carbocycles. The van der Waals surface area contributed by atoms with E-state index in [9.17, 15) is 4.79 Å². The number of rotatable bonds is 3. The zero-order chi connectivity index (χ0) is 19.0. The molecule has 0 aliphatic carbocycles. The molecule has 1 atom stereocenters. The highest BCUT2D eigenvalue weighted by Crippen LogP contribution is 2.26. The Morgan fingerprint density at radius 2 is 1.96 bits per heavy atom. The molecule has 0 unspecified atom stereocenters. The van der Waals surface area contributed by atoms with Gasteiger partial charge in [-0.3, -0.25) is 14.1 Å². The van der Waals surface area contributed by atoms with Gasteiger partial charge in [0.15, 0.2) is 5.65 Å². The molecule has 2 aliphatic rings. The van der Waals surface area contributed by atoms with Gasteiger partial charge in [0.25, 0.3) is 0 Å².